The Morgan fingerprint density at radius 3 is 2.94 bits per heavy atom. The lowest BCUT2D eigenvalue weighted by molar-refractivity contribution is 0.460. The maximum absolute atomic E-state index is 8.91. The first-order valence-electron chi connectivity index (χ1n) is 5.15. The summed E-state index contributed by atoms with van der Waals surface area (Å²) in [6, 6.07) is 12.8. The van der Waals surface area contributed by atoms with Crippen LogP contribution in [-0.2, 0) is 6.54 Å². The molecule has 0 unspecified atom stereocenters. The van der Waals surface area contributed by atoms with Crippen LogP contribution in [0.4, 0.5) is 0 Å². The van der Waals surface area contributed by atoms with Crippen molar-refractivity contribution < 1.29 is 4.74 Å². The number of rotatable bonds is 3. The van der Waals surface area contributed by atoms with Crippen molar-refractivity contribution in [3.8, 4) is 17.7 Å². The third-order valence-electron chi connectivity index (χ3n) is 2.24. The fourth-order valence-corrected chi connectivity index (χ4v) is 1.40. The SMILES string of the molecule is N#Cc1cccnc1Oc1cccc(CN)c1. The monoisotopic (exact) mass is 225 g/mol. The molecule has 0 aliphatic heterocycles. The summed E-state index contributed by atoms with van der Waals surface area (Å²) in [5.41, 5.74) is 6.92. The summed E-state index contributed by atoms with van der Waals surface area (Å²) in [5.74, 6) is 0.937. The number of nitrogens with two attached hydrogens (primary N) is 1. The minimum atomic E-state index is 0.309. The van der Waals surface area contributed by atoms with E-state index in [0.717, 1.165) is 5.56 Å². The predicted molar refractivity (Wildman–Crippen MR) is 63.4 cm³/mol. The first-order valence-corrected chi connectivity index (χ1v) is 5.15. The Labute approximate surface area is 99.3 Å². The first-order chi connectivity index (χ1) is 8.33. The molecule has 0 spiro atoms. The first kappa shape index (κ1) is 11.1. The topological polar surface area (TPSA) is 71.9 Å². The van der Waals surface area contributed by atoms with Crippen LogP contribution in [0, 0.1) is 11.3 Å². The van der Waals surface area contributed by atoms with Gasteiger partial charge in [-0.25, -0.2) is 4.98 Å². The second-order valence-electron chi connectivity index (χ2n) is 3.42. The maximum atomic E-state index is 8.91. The molecule has 0 amide bonds. The summed E-state index contributed by atoms with van der Waals surface area (Å²) in [6.45, 7) is 0.449. The molecule has 0 aliphatic carbocycles. The van der Waals surface area contributed by atoms with Gasteiger partial charge in [-0.15, -0.1) is 0 Å². The number of aromatic nitrogens is 1. The molecule has 1 aromatic heterocycles. The molecule has 2 aromatic rings. The molecule has 0 fully saturated rings. The summed E-state index contributed by atoms with van der Waals surface area (Å²) in [5, 5.41) is 8.91. The minimum Gasteiger partial charge on any atom is -0.438 e. The van der Waals surface area contributed by atoms with Crippen LogP contribution < -0.4 is 10.5 Å². The Morgan fingerprint density at radius 2 is 2.18 bits per heavy atom. The van der Waals surface area contributed by atoms with Crippen LogP contribution in [0.25, 0.3) is 0 Å². The van der Waals surface area contributed by atoms with Crippen LogP contribution in [0.2, 0.25) is 0 Å². The molecule has 0 bridgehead atoms. The standard InChI is InChI=1S/C13H11N3O/c14-8-10-3-1-5-12(7-10)17-13-11(9-15)4-2-6-16-13/h1-7H,8,14H2. The van der Waals surface area contributed by atoms with E-state index in [0.29, 0.717) is 23.7 Å². The van der Waals surface area contributed by atoms with Gasteiger partial charge in [0.1, 0.15) is 17.4 Å². The van der Waals surface area contributed by atoms with E-state index in [2.05, 4.69) is 4.98 Å². The second-order valence-corrected chi connectivity index (χ2v) is 3.42. The fraction of sp³-hybridized carbons (Fsp3) is 0.0769. The van der Waals surface area contributed by atoms with Crippen LogP contribution in [0.5, 0.6) is 11.6 Å². The molecule has 0 radical (unpaired) electrons. The van der Waals surface area contributed by atoms with Crippen molar-refractivity contribution in [1.82, 2.24) is 4.98 Å². The summed E-state index contributed by atoms with van der Waals surface area (Å²) >= 11 is 0. The van der Waals surface area contributed by atoms with Crippen molar-refractivity contribution in [1.29, 1.82) is 5.26 Å². The highest BCUT2D eigenvalue weighted by Gasteiger charge is 2.05. The van der Waals surface area contributed by atoms with Crippen LogP contribution in [0.15, 0.2) is 42.6 Å². The summed E-state index contributed by atoms with van der Waals surface area (Å²) < 4.78 is 5.55. The fourth-order valence-electron chi connectivity index (χ4n) is 1.40. The summed E-state index contributed by atoms with van der Waals surface area (Å²) in [4.78, 5) is 4.02. The van der Waals surface area contributed by atoms with Crippen LogP contribution >= 0.6 is 0 Å². The van der Waals surface area contributed by atoms with Crippen molar-refractivity contribution in [2.45, 2.75) is 6.54 Å². The van der Waals surface area contributed by atoms with Gasteiger partial charge in [0.2, 0.25) is 5.88 Å². The summed E-state index contributed by atoms with van der Waals surface area (Å²) in [7, 11) is 0. The smallest absolute Gasteiger partial charge is 0.237 e. The highest BCUT2D eigenvalue weighted by Crippen LogP contribution is 2.22. The predicted octanol–water partition coefficient (Wildman–Crippen LogP) is 2.20. The molecule has 0 aliphatic rings. The number of pyridine rings is 1. The van der Waals surface area contributed by atoms with E-state index in [4.69, 9.17) is 15.7 Å². The van der Waals surface area contributed by atoms with Gasteiger partial charge in [0.25, 0.3) is 0 Å². The number of nitrogens with zero attached hydrogens (tertiary/aromatic N) is 2. The number of nitriles is 1. The molecule has 0 saturated heterocycles. The molecule has 0 atom stereocenters. The molecule has 4 nitrogen and oxygen atoms in total. The molecule has 2 rings (SSSR count). The maximum Gasteiger partial charge on any atom is 0.237 e. The lowest BCUT2D eigenvalue weighted by atomic mass is 10.2. The highest BCUT2D eigenvalue weighted by atomic mass is 16.5. The van der Waals surface area contributed by atoms with Gasteiger partial charge in [0.15, 0.2) is 0 Å². The van der Waals surface area contributed by atoms with Gasteiger partial charge >= 0.3 is 0 Å². The van der Waals surface area contributed by atoms with Gasteiger partial charge in [-0.05, 0) is 29.8 Å². The van der Waals surface area contributed by atoms with Gasteiger partial charge in [-0.2, -0.15) is 5.26 Å². The largest absolute Gasteiger partial charge is 0.438 e. The van der Waals surface area contributed by atoms with E-state index in [1.54, 1.807) is 24.4 Å². The van der Waals surface area contributed by atoms with E-state index in [1.807, 2.05) is 24.3 Å². The quantitative estimate of drug-likeness (QED) is 0.869. The average molecular weight is 225 g/mol. The van der Waals surface area contributed by atoms with E-state index < -0.39 is 0 Å². The van der Waals surface area contributed by atoms with E-state index >= 15 is 0 Å². The molecule has 1 aromatic carbocycles. The molecular weight excluding hydrogens is 214 g/mol. The number of hydrogen-bond acceptors (Lipinski definition) is 4. The molecule has 2 N–H and O–H groups in total. The normalized spacial score (nSPS) is 9.65. The highest BCUT2D eigenvalue weighted by molar-refractivity contribution is 5.40. The van der Waals surface area contributed by atoms with Crippen molar-refractivity contribution in [2.24, 2.45) is 5.73 Å². The Kier molecular flexibility index (Phi) is 3.34. The third-order valence-corrected chi connectivity index (χ3v) is 2.24. The van der Waals surface area contributed by atoms with E-state index in [1.165, 1.54) is 0 Å². The molecule has 4 heteroatoms. The average Bonchev–Trinajstić information content (AvgIpc) is 2.39. The molecule has 1 heterocycles. The van der Waals surface area contributed by atoms with Gasteiger partial charge in [0, 0.05) is 12.7 Å². The number of ether oxygens (including phenoxy) is 1. The summed E-state index contributed by atoms with van der Waals surface area (Å²) in [6.07, 6.45) is 1.59. The zero-order valence-electron chi connectivity index (χ0n) is 9.13. The Balaban J connectivity index is 2.28. The lowest BCUT2D eigenvalue weighted by Gasteiger charge is -2.06. The molecule has 84 valence electrons. The number of hydrogen-bond donors (Lipinski definition) is 1. The third kappa shape index (κ3) is 2.60. The number of benzene rings is 1. The van der Waals surface area contributed by atoms with Gasteiger partial charge in [0.05, 0.1) is 0 Å². The zero-order valence-corrected chi connectivity index (χ0v) is 9.13. The second kappa shape index (κ2) is 5.10. The molecular formula is C13H11N3O. The zero-order chi connectivity index (χ0) is 12.1. The van der Waals surface area contributed by atoms with Gasteiger partial charge < -0.3 is 10.5 Å². The Hall–Kier alpha value is -2.38. The van der Waals surface area contributed by atoms with Crippen LogP contribution in [-0.4, -0.2) is 4.98 Å². The van der Waals surface area contributed by atoms with Crippen LogP contribution in [0.3, 0.4) is 0 Å². The van der Waals surface area contributed by atoms with Gasteiger partial charge in [-0.1, -0.05) is 12.1 Å². The molecule has 0 saturated carbocycles. The van der Waals surface area contributed by atoms with Crippen LogP contribution in [0.1, 0.15) is 11.1 Å². The molecule has 17 heavy (non-hydrogen) atoms. The lowest BCUT2D eigenvalue weighted by Crippen LogP contribution is -1.97. The van der Waals surface area contributed by atoms with Crippen molar-refractivity contribution in [2.75, 3.05) is 0 Å². The van der Waals surface area contributed by atoms with E-state index in [-0.39, 0.29) is 0 Å². The Bertz CT molecular complexity index is 561. The van der Waals surface area contributed by atoms with E-state index in [9.17, 15) is 0 Å². The van der Waals surface area contributed by atoms with Gasteiger partial charge in [-0.3, -0.25) is 0 Å². The minimum absolute atomic E-state index is 0.309. The van der Waals surface area contributed by atoms with Crippen molar-refractivity contribution in [3.63, 3.8) is 0 Å². The Morgan fingerprint density at radius 1 is 1.29 bits per heavy atom. The van der Waals surface area contributed by atoms with Crippen molar-refractivity contribution >= 4 is 0 Å². The van der Waals surface area contributed by atoms with Crippen molar-refractivity contribution in [3.05, 3.63) is 53.7 Å².